The standard InChI is InChI=1S/C27H29FN6O/c1-17-23(19-6-3-4-8-21(19)28)34-24(18(15-31-34)16-35-2)26(32-17)33-12-9-27(10-13-33)14-22-20(25(27)29)7-5-11-30-22/h3-8,11,15,25H,9-10,12-14,16,29H2,1-2H3/t25-/m1/s1. The maximum Gasteiger partial charge on any atom is 0.155 e. The highest BCUT2D eigenvalue weighted by molar-refractivity contribution is 5.78. The highest BCUT2D eigenvalue weighted by atomic mass is 19.1. The summed E-state index contributed by atoms with van der Waals surface area (Å²) in [6, 6.07) is 10.9. The maximum atomic E-state index is 14.8. The molecule has 1 aromatic carbocycles. The first-order chi connectivity index (χ1) is 17.0. The molecule has 0 unspecified atom stereocenters. The number of rotatable bonds is 4. The normalized spacial score (nSPS) is 19.0. The quantitative estimate of drug-likeness (QED) is 0.479. The molecule has 4 aromatic rings. The number of anilines is 1. The van der Waals surface area contributed by atoms with E-state index in [4.69, 9.17) is 15.5 Å². The van der Waals surface area contributed by atoms with E-state index < -0.39 is 0 Å². The van der Waals surface area contributed by atoms with Crippen LogP contribution in [0.3, 0.4) is 0 Å². The van der Waals surface area contributed by atoms with Gasteiger partial charge in [0.05, 0.1) is 24.2 Å². The number of halogens is 1. The van der Waals surface area contributed by atoms with Gasteiger partial charge in [0.1, 0.15) is 11.3 Å². The van der Waals surface area contributed by atoms with Crippen LogP contribution in [-0.2, 0) is 17.8 Å². The topological polar surface area (TPSA) is 81.6 Å². The lowest BCUT2D eigenvalue weighted by molar-refractivity contribution is 0.185. The summed E-state index contributed by atoms with van der Waals surface area (Å²) in [6.45, 7) is 3.99. The molecule has 7 nitrogen and oxygen atoms in total. The van der Waals surface area contributed by atoms with Gasteiger partial charge in [0.25, 0.3) is 0 Å². The average molecular weight is 473 g/mol. The summed E-state index contributed by atoms with van der Waals surface area (Å²) in [5.41, 5.74) is 12.8. The number of fused-ring (bicyclic) bond motifs is 2. The molecule has 1 fully saturated rings. The van der Waals surface area contributed by atoms with Crippen molar-refractivity contribution in [3.63, 3.8) is 0 Å². The number of pyridine rings is 1. The van der Waals surface area contributed by atoms with Crippen LogP contribution in [0.15, 0.2) is 48.8 Å². The van der Waals surface area contributed by atoms with Crippen molar-refractivity contribution < 1.29 is 9.13 Å². The number of aromatic nitrogens is 4. The molecule has 8 heteroatoms. The first-order valence-corrected chi connectivity index (χ1v) is 12.1. The van der Waals surface area contributed by atoms with Crippen LogP contribution in [0.1, 0.15) is 41.4 Å². The number of hydrogen-bond donors (Lipinski definition) is 1. The van der Waals surface area contributed by atoms with Crippen molar-refractivity contribution in [1.82, 2.24) is 19.6 Å². The summed E-state index contributed by atoms with van der Waals surface area (Å²) in [7, 11) is 1.67. The SMILES string of the molecule is COCc1cnn2c(-c3ccccc3F)c(C)nc(N3CCC4(CC3)Cc3ncccc3[C@H]4N)c12. The number of nitrogens with zero attached hydrogens (tertiary/aromatic N) is 5. The lowest BCUT2D eigenvalue weighted by atomic mass is 9.73. The van der Waals surface area contributed by atoms with Gasteiger partial charge in [-0.3, -0.25) is 4.98 Å². The van der Waals surface area contributed by atoms with Crippen molar-refractivity contribution in [1.29, 1.82) is 0 Å². The minimum atomic E-state index is -0.293. The monoisotopic (exact) mass is 472 g/mol. The lowest BCUT2D eigenvalue weighted by Gasteiger charge is -2.42. The number of nitrogens with two attached hydrogens (primary N) is 1. The van der Waals surface area contributed by atoms with Crippen molar-refractivity contribution in [2.45, 2.75) is 38.8 Å². The molecule has 35 heavy (non-hydrogen) atoms. The highest BCUT2D eigenvalue weighted by Gasteiger charge is 2.47. The van der Waals surface area contributed by atoms with Crippen LogP contribution in [0.5, 0.6) is 0 Å². The van der Waals surface area contributed by atoms with Gasteiger partial charge in [-0.05, 0) is 55.4 Å². The molecule has 2 N–H and O–H groups in total. The van der Waals surface area contributed by atoms with Crippen molar-refractivity contribution >= 4 is 11.3 Å². The zero-order valence-corrected chi connectivity index (χ0v) is 20.0. The van der Waals surface area contributed by atoms with Crippen LogP contribution < -0.4 is 10.6 Å². The molecule has 1 spiro atoms. The summed E-state index contributed by atoms with van der Waals surface area (Å²) in [5, 5.41) is 4.66. The van der Waals surface area contributed by atoms with Crippen molar-refractivity contribution in [3.05, 3.63) is 77.1 Å². The van der Waals surface area contributed by atoms with Gasteiger partial charge in [0.2, 0.25) is 0 Å². The molecular weight excluding hydrogens is 443 g/mol. The third-order valence-corrected chi connectivity index (χ3v) is 7.81. The minimum Gasteiger partial charge on any atom is -0.380 e. The van der Waals surface area contributed by atoms with Gasteiger partial charge < -0.3 is 15.4 Å². The van der Waals surface area contributed by atoms with Crippen LogP contribution in [0, 0.1) is 18.2 Å². The molecule has 2 aliphatic rings. The van der Waals surface area contributed by atoms with E-state index in [1.165, 1.54) is 11.6 Å². The summed E-state index contributed by atoms with van der Waals surface area (Å²) in [5.74, 6) is 0.572. The third-order valence-electron chi connectivity index (χ3n) is 7.81. The Morgan fingerprint density at radius 2 is 1.97 bits per heavy atom. The van der Waals surface area contributed by atoms with E-state index in [2.05, 4.69) is 21.0 Å². The van der Waals surface area contributed by atoms with Crippen LogP contribution in [0.25, 0.3) is 16.8 Å². The molecule has 6 rings (SSSR count). The molecular formula is C27H29FN6O. The number of benzene rings is 1. The van der Waals surface area contributed by atoms with Crippen LogP contribution in [0.2, 0.25) is 0 Å². The largest absolute Gasteiger partial charge is 0.380 e. The second kappa shape index (κ2) is 8.39. The Balaban J connectivity index is 1.39. The number of piperidine rings is 1. The Labute approximate surface area is 203 Å². The Hall–Kier alpha value is -3.36. The molecule has 3 aromatic heterocycles. The fourth-order valence-electron chi connectivity index (χ4n) is 5.96. The van der Waals surface area contributed by atoms with E-state index in [1.54, 1.807) is 25.4 Å². The zero-order valence-electron chi connectivity index (χ0n) is 20.0. The van der Waals surface area contributed by atoms with E-state index in [9.17, 15) is 4.39 Å². The first kappa shape index (κ1) is 22.1. The summed E-state index contributed by atoms with van der Waals surface area (Å²) in [4.78, 5) is 12.0. The van der Waals surface area contributed by atoms with Crippen LogP contribution in [0.4, 0.5) is 10.2 Å². The van der Waals surface area contributed by atoms with Gasteiger partial charge in [-0.2, -0.15) is 5.10 Å². The fraction of sp³-hybridized carbons (Fsp3) is 0.370. The lowest BCUT2D eigenvalue weighted by Crippen LogP contribution is -2.44. The number of methoxy groups -OCH3 is 1. The van der Waals surface area contributed by atoms with Gasteiger partial charge >= 0.3 is 0 Å². The molecule has 0 amide bonds. The summed E-state index contributed by atoms with van der Waals surface area (Å²) in [6.07, 6.45) is 6.50. The molecule has 0 radical (unpaired) electrons. The minimum absolute atomic E-state index is 0.00511. The van der Waals surface area contributed by atoms with Gasteiger partial charge in [0.15, 0.2) is 5.82 Å². The van der Waals surface area contributed by atoms with Gasteiger partial charge in [-0.25, -0.2) is 13.9 Å². The van der Waals surface area contributed by atoms with Gasteiger partial charge in [-0.1, -0.05) is 18.2 Å². The molecule has 0 saturated carbocycles. The maximum absolute atomic E-state index is 14.8. The zero-order chi connectivity index (χ0) is 24.2. The second-order valence-corrected chi connectivity index (χ2v) is 9.76. The van der Waals surface area contributed by atoms with Crippen LogP contribution >= 0.6 is 0 Å². The fourth-order valence-corrected chi connectivity index (χ4v) is 5.96. The number of ether oxygens (including phenoxy) is 1. The molecule has 1 atom stereocenters. The van der Waals surface area contributed by atoms with Crippen molar-refractivity contribution in [3.8, 4) is 11.3 Å². The number of aryl methyl sites for hydroxylation is 1. The molecule has 4 heterocycles. The van der Waals surface area contributed by atoms with E-state index >= 15 is 0 Å². The van der Waals surface area contributed by atoms with Gasteiger partial charge in [0, 0.05) is 49.3 Å². The van der Waals surface area contributed by atoms with E-state index in [1.807, 2.05) is 29.8 Å². The molecule has 1 saturated heterocycles. The Morgan fingerprint density at radius 3 is 2.71 bits per heavy atom. The molecule has 1 aliphatic carbocycles. The molecule has 180 valence electrons. The summed E-state index contributed by atoms with van der Waals surface area (Å²) >= 11 is 0. The predicted octanol–water partition coefficient (Wildman–Crippen LogP) is 4.23. The summed E-state index contributed by atoms with van der Waals surface area (Å²) < 4.78 is 22.1. The second-order valence-electron chi connectivity index (χ2n) is 9.76. The van der Waals surface area contributed by atoms with Crippen LogP contribution in [-0.4, -0.2) is 39.8 Å². The number of hydrogen-bond acceptors (Lipinski definition) is 6. The average Bonchev–Trinajstić information content (AvgIpc) is 3.40. The Kier molecular flexibility index (Phi) is 5.30. The Bertz CT molecular complexity index is 1410. The Morgan fingerprint density at radius 1 is 1.17 bits per heavy atom. The smallest absolute Gasteiger partial charge is 0.155 e. The highest BCUT2D eigenvalue weighted by Crippen LogP contribution is 2.50. The molecule has 1 aliphatic heterocycles. The first-order valence-electron chi connectivity index (χ1n) is 12.1. The van der Waals surface area contributed by atoms with Crippen molar-refractivity contribution in [2.75, 3.05) is 25.1 Å². The van der Waals surface area contributed by atoms with E-state index in [-0.39, 0.29) is 17.3 Å². The van der Waals surface area contributed by atoms with Gasteiger partial charge in [-0.15, -0.1) is 0 Å². The van der Waals surface area contributed by atoms with E-state index in [0.717, 1.165) is 60.6 Å². The third kappa shape index (κ3) is 3.43. The predicted molar refractivity (Wildman–Crippen MR) is 133 cm³/mol. The van der Waals surface area contributed by atoms with E-state index in [0.29, 0.717) is 17.9 Å². The molecule has 0 bridgehead atoms. The van der Waals surface area contributed by atoms with Crippen molar-refractivity contribution in [2.24, 2.45) is 11.1 Å².